The number of hydrogen-bond acceptors (Lipinski definition) is 5. The lowest BCUT2D eigenvalue weighted by Gasteiger charge is -2.11. The van der Waals surface area contributed by atoms with Crippen LogP contribution in [0.3, 0.4) is 0 Å². The van der Waals surface area contributed by atoms with Crippen LogP contribution in [0.2, 0.25) is 0 Å². The average Bonchev–Trinajstić information content (AvgIpc) is 2.58. The summed E-state index contributed by atoms with van der Waals surface area (Å²) in [6.45, 7) is 0.369. The van der Waals surface area contributed by atoms with E-state index in [2.05, 4.69) is 4.98 Å². The molecule has 1 aromatic heterocycles. The van der Waals surface area contributed by atoms with E-state index in [9.17, 15) is 13.2 Å². The molecule has 1 heterocycles. The topological polar surface area (TPSA) is 76.6 Å². The van der Waals surface area contributed by atoms with Crippen LogP contribution in [0.4, 0.5) is 0 Å². The molecular formula is C17H18N2O4S. The highest BCUT2D eigenvalue weighted by molar-refractivity contribution is 7.88. The summed E-state index contributed by atoms with van der Waals surface area (Å²) in [4.78, 5) is 15.9. The molecule has 1 aromatic carbocycles. The predicted octanol–water partition coefficient (Wildman–Crippen LogP) is 2.09. The SMILES string of the molecule is CN(C(=O)/C=C/c1ccc(OCc2ccccn2)cc1)S(C)(=O)=O. The van der Waals surface area contributed by atoms with Crippen LogP contribution in [-0.2, 0) is 21.4 Å². The fourth-order valence-corrected chi connectivity index (χ4v) is 2.14. The van der Waals surface area contributed by atoms with Gasteiger partial charge >= 0.3 is 0 Å². The first kappa shape index (κ1) is 17.7. The molecule has 126 valence electrons. The van der Waals surface area contributed by atoms with Gasteiger partial charge in [-0.05, 0) is 35.9 Å². The van der Waals surface area contributed by atoms with Crippen molar-refractivity contribution in [2.75, 3.05) is 13.3 Å². The standard InChI is InChI=1S/C17H18N2O4S/c1-19(24(2,21)22)17(20)11-8-14-6-9-16(10-7-14)23-13-15-5-3-4-12-18-15/h3-12H,13H2,1-2H3/b11-8+. The van der Waals surface area contributed by atoms with Gasteiger partial charge in [0, 0.05) is 19.3 Å². The molecule has 0 aliphatic carbocycles. The van der Waals surface area contributed by atoms with Crippen molar-refractivity contribution in [1.82, 2.24) is 9.29 Å². The molecule has 0 N–H and O–H groups in total. The Morgan fingerprint density at radius 3 is 2.50 bits per heavy atom. The quantitative estimate of drug-likeness (QED) is 0.749. The molecule has 0 aliphatic rings. The third-order valence-corrected chi connectivity index (χ3v) is 4.39. The molecule has 2 aromatic rings. The van der Waals surface area contributed by atoms with Crippen LogP contribution in [0.5, 0.6) is 5.75 Å². The van der Waals surface area contributed by atoms with Crippen molar-refractivity contribution in [3.05, 3.63) is 66.0 Å². The number of carbonyl (C=O) groups is 1. The van der Waals surface area contributed by atoms with Crippen molar-refractivity contribution < 1.29 is 17.9 Å². The fourth-order valence-electron chi connectivity index (χ4n) is 1.75. The lowest BCUT2D eigenvalue weighted by atomic mass is 10.2. The average molecular weight is 346 g/mol. The van der Waals surface area contributed by atoms with E-state index < -0.39 is 15.9 Å². The van der Waals surface area contributed by atoms with Gasteiger partial charge in [-0.25, -0.2) is 12.7 Å². The Balaban J connectivity index is 1.94. The van der Waals surface area contributed by atoms with Gasteiger partial charge in [-0.15, -0.1) is 0 Å². The van der Waals surface area contributed by atoms with E-state index in [0.717, 1.165) is 17.5 Å². The maximum Gasteiger partial charge on any atom is 0.259 e. The Labute approximate surface area is 141 Å². The highest BCUT2D eigenvalue weighted by Crippen LogP contribution is 2.14. The Morgan fingerprint density at radius 2 is 1.92 bits per heavy atom. The van der Waals surface area contributed by atoms with E-state index in [1.165, 1.54) is 13.1 Å². The van der Waals surface area contributed by atoms with Gasteiger partial charge in [0.05, 0.1) is 11.9 Å². The largest absolute Gasteiger partial charge is 0.487 e. The first-order valence-corrected chi connectivity index (χ1v) is 9.00. The number of sulfonamides is 1. The first-order valence-electron chi connectivity index (χ1n) is 7.15. The Kier molecular flexibility index (Phi) is 5.70. The minimum absolute atomic E-state index is 0.369. The first-order chi connectivity index (χ1) is 11.4. The summed E-state index contributed by atoms with van der Waals surface area (Å²) in [5.41, 5.74) is 1.59. The predicted molar refractivity (Wildman–Crippen MR) is 91.7 cm³/mol. The molecule has 7 heteroatoms. The number of benzene rings is 1. The monoisotopic (exact) mass is 346 g/mol. The molecule has 6 nitrogen and oxygen atoms in total. The molecule has 0 saturated heterocycles. The van der Waals surface area contributed by atoms with Crippen molar-refractivity contribution in [3.8, 4) is 5.75 Å². The maximum atomic E-state index is 11.7. The van der Waals surface area contributed by atoms with Gasteiger partial charge in [0.25, 0.3) is 5.91 Å². The Morgan fingerprint density at radius 1 is 1.21 bits per heavy atom. The van der Waals surface area contributed by atoms with E-state index in [1.54, 1.807) is 36.5 Å². The van der Waals surface area contributed by atoms with Gasteiger partial charge in [0.1, 0.15) is 12.4 Å². The molecule has 24 heavy (non-hydrogen) atoms. The van der Waals surface area contributed by atoms with E-state index in [4.69, 9.17) is 4.74 Å². The molecule has 0 radical (unpaired) electrons. The van der Waals surface area contributed by atoms with Crippen LogP contribution in [0.1, 0.15) is 11.3 Å². The smallest absolute Gasteiger partial charge is 0.259 e. The van der Waals surface area contributed by atoms with Gasteiger partial charge in [-0.2, -0.15) is 0 Å². The summed E-state index contributed by atoms with van der Waals surface area (Å²) in [5.74, 6) is 0.0744. The number of aromatic nitrogens is 1. The van der Waals surface area contributed by atoms with Crippen LogP contribution in [0.25, 0.3) is 6.08 Å². The highest BCUT2D eigenvalue weighted by atomic mass is 32.2. The number of pyridine rings is 1. The molecule has 0 atom stereocenters. The summed E-state index contributed by atoms with van der Waals surface area (Å²) in [7, 11) is -2.32. The third kappa shape index (κ3) is 5.20. The van der Waals surface area contributed by atoms with E-state index in [-0.39, 0.29) is 0 Å². The second-order valence-electron chi connectivity index (χ2n) is 5.08. The van der Waals surface area contributed by atoms with Gasteiger partial charge in [0.15, 0.2) is 0 Å². The van der Waals surface area contributed by atoms with Crippen LogP contribution in [0, 0.1) is 0 Å². The molecule has 0 bridgehead atoms. The van der Waals surface area contributed by atoms with Gasteiger partial charge in [-0.3, -0.25) is 9.78 Å². The molecule has 0 aliphatic heterocycles. The lowest BCUT2D eigenvalue weighted by Crippen LogP contribution is -2.30. The summed E-state index contributed by atoms with van der Waals surface area (Å²) in [5, 5.41) is 0. The zero-order valence-electron chi connectivity index (χ0n) is 13.4. The molecule has 0 spiro atoms. The number of ether oxygens (including phenoxy) is 1. The van der Waals surface area contributed by atoms with Gasteiger partial charge in [0.2, 0.25) is 10.0 Å². The van der Waals surface area contributed by atoms with Crippen LogP contribution >= 0.6 is 0 Å². The second-order valence-corrected chi connectivity index (χ2v) is 7.09. The van der Waals surface area contributed by atoms with Crippen molar-refractivity contribution in [3.63, 3.8) is 0 Å². The van der Waals surface area contributed by atoms with Crippen molar-refractivity contribution in [2.24, 2.45) is 0 Å². The molecule has 0 saturated carbocycles. The zero-order valence-corrected chi connectivity index (χ0v) is 14.2. The normalized spacial score (nSPS) is 11.4. The molecule has 2 rings (SSSR count). The number of hydrogen-bond donors (Lipinski definition) is 0. The lowest BCUT2D eigenvalue weighted by molar-refractivity contribution is -0.120. The maximum absolute atomic E-state index is 11.7. The van der Waals surface area contributed by atoms with Crippen LogP contribution in [-0.4, -0.2) is 36.9 Å². The van der Waals surface area contributed by atoms with Crippen molar-refractivity contribution >= 4 is 22.0 Å². The van der Waals surface area contributed by atoms with Crippen LogP contribution in [0.15, 0.2) is 54.7 Å². The fraction of sp³-hybridized carbons (Fsp3) is 0.176. The van der Waals surface area contributed by atoms with E-state index in [1.807, 2.05) is 18.2 Å². The second kappa shape index (κ2) is 7.74. The van der Waals surface area contributed by atoms with Crippen molar-refractivity contribution in [2.45, 2.75) is 6.61 Å². The Bertz CT molecular complexity index is 815. The number of carbonyl (C=O) groups excluding carboxylic acids is 1. The molecule has 1 amide bonds. The van der Waals surface area contributed by atoms with E-state index >= 15 is 0 Å². The zero-order chi connectivity index (χ0) is 17.6. The number of amides is 1. The molecular weight excluding hydrogens is 328 g/mol. The van der Waals surface area contributed by atoms with Gasteiger partial charge in [-0.1, -0.05) is 18.2 Å². The number of likely N-dealkylation sites (N-methyl/N-ethyl adjacent to an activating group) is 1. The van der Waals surface area contributed by atoms with Crippen molar-refractivity contribution in [1.29, 1.82) is 0 Å². The third-order valence-electron chi connectivity index (χ3n) is 3.22. The number of nitrogens with zero attached hydrogens (tertiary/aromatic N) is 2. The van der Waals surface area contributed by atoms with E-state index in [0.29, 0.717) is 16.7 Å². The Hall–Kier alpha value is -2.67. The minimum Gasteiger partial charge on any atom is -0.487 e. The van der Waals surface area contributed by atoms with Gasteiger partial charge < -0.3 is 4.74 Å². The van der Waals surface area contributed by atoms with Crippen LogP contribution < -0.4 is 4.74 Å². The minimum atomic E-state index is -3.54. The number of rotatable bonds is 6. The summed E-state index contributed by atoms with van der Waals surface area (Å²) in [6, 6.07) is 12.7. The highest BCUT2D eigenvalue weighted by Gasteiger charge is 2.14. The molecule has 0 fully saturated rings. The summed E-state index contributed by atoms with van der Waals surface area (Å²) in [6.07, 6.45) is 5.45. The molecule has 0 unspecified atom stereocenters. The summed E-state index contributed by atoms with van der Waals surface area (Å²) >= 11 is 0. The summed E-state index contributed by atoms with van der Waals surface area (Å²) < 4.78 is 28.8.